The van der Waals surface area contributed by atoms with Gasteiger partial charge in [-0.3, -0.25) is 9.60 Å². The number of hydrogen-bond acceptors (Lipinski definition) is 1. The van der Waals surface area contributed by atoms with Crippen molar-refractivity contribution in [2.45, 2.75) is 19.9 Å². The molecule has 10 heavy (non-hydrogen) atoms. The zero-order valence-corrected chi connectivity index (χ0v) is 5.87. The van der Waals surface area contributed by atoms with Crippen molar-refractivity contribution in [3.05, 3.63) is 0 Å². The zero-order valence-electron chi connectivity index (χ0n) is 5.87. The van der Waals surface area contributed by atoms with Crippen molar-refractivity contribution in [2.24, 2.45) is 0 Å². The van der Waals surface area contributed by atoms with E-state index in [9.17, 15) is 9.18 Å². The van der Waals surface area contributed by atoms with Gasteiger partial charge in [0, 0.05) is 6.04 Å². The van der Waals surface area contributed by atoms with Gasteiger partial charge in [-0.25, -0.2) is 9.18 Å². The maximum absolute atomic E-state index is 11.7. The van der Waals surface area contributed by atoms with Crippen LogP contribution in [0.4, 0.5) is 13.9 Å². The molecule has 1 amide bonds. The summed E-state index contributed by atoms with van der Waals surface area (Å²) in [6, 6.07) is -0.285. The Bertz CT molecular complexity index is 108. The van der Waals surface area contributed by atoms with Crippen molar-refractivity contribution >= 4 is 6.09 Å². The van der Waals surface area contributed by atoms with E-state index >= 15 is 0 Å². The van der Waals surface area contributed by atoms with Crippen LogP contribution >= 0.6 is 0 Å². The molecule has 0 aliphatic rings. The Morgan fingerprint density at radius 1 is 1.70 bits per heavy atom. The Morgan fingerprint density at radius 2 is 2.10 bits per heavy atom. The highest BCUT2D eigenvalue weighted by atomic mass is 19.1. The molecule has 62 valence electrons. The van der Waals surface area contributed by atoms with Crippen LogP contribution in [0.5, 0.6) is 0 Å². The molecule has 0 heterocycles. The van der Waals surface area contributed by atoms with Crippen LogP contribution in [-0.2, 0) is 0 Å². The average Bonchev–Trinajstić information content (AvgIpc) is 1.64. The first-order chi connectivity index (χ1) is 4.09. The first kappa shape index (κ1) is 11.9. The van der Waals surface area contributed by atoms with Crippen LogP contribution in [0.2, 0.25) is 0 Å². The number of halogens is 2. The molecule has 0 saturated heterocycles. The Hall–Kier alpha value is -0.870. The highest BCUT2D eigenvalue weighted by Crippen LogP contribution is 1.97. The van der Waals surface area contributed by atoms with Crippen molar-refractivity contribution in [3.63, 3.8) is 0 Å². The van der Waals surface area contributed by atoms with Gasteiger partial charge < -0.3 is 5.11 Å². The van der Waals surface area contributed by atoms with Gasteiger partial charge in [-0.1, -0.05) is 0 Å². The van der Waals surface area contributed by atoms with E-state index in [0.29, 0.717) is 4.90 Å². The summed E-state index contributed by atoms with van der Waals surface area (Å²) in [4.78, 5) is 10.8. The number of hydrogen-bond donors (Lipinski definition) is 1. The monoisotopic (exact) mass is 155 g/mol. The molecule has 0 spiro atoms. The maximum Gasteiger partial charge on any atom is 0.409 e. The van der Waals surface area contributed by atoms with E-state index in [4.69, 9.17) is 5.11 Å². The Balaban J connectivity index is 0. The Morgan fingerprint density at radius 3 is 2.10 bits per heavy atom. The summed E-state index contributed by atoms with van der Waals surface area (Å²) in [6.07, 6.45) is -1.22. The molecule has 1 N–H and O–H groups in total. The zero-order chi connectivity index (χ0) is 7.44. The lowest BCUT2D eigenvalue weighted by atomic mass is 10.4. The van der Waals surface area contributed by atoms with E-state index in [2.05, 4.69) is 0 Å². The fraction of sp³-hybridized carbons (Fsp3) is 0.800. The summed E-state index contributed by atoms with van der Waals surface area (Å²) in [5.74, 6) is 0. The smallest absolute Gasteiger partial charge is 0.409 e. The van der Waals surface area contributed by atoms with Gasteiger partial charge in [-0.2, -0.15) is 0 Å². The van der Waals surface area contributed by atoms with Gasteiger partial charge in [0.2, 0.25) is 0 Å². The SMILES string of the molecule is CC(C)N(CF)C(=O)O.F. The van der Waals surface area contributed by atoms with Gasteiger partial charge in [0.25, 0.3) is 0 Å². The van der Waals surface area contributed by atoms with Crippen LogP contribution in [0.3, 0.4) is 0 Å². The lowest BCUT2D eigenvalue weighted by Crippen LogP contribution is -2.34. The number of amides is 1. The second-order valence-electron chi connectivity index (χ2n) is 1.97. The van der Waals surface area contributed by atoms with E-state index in [-0.39, 0.29) is 10.7 Å². The lowest BCUT2D eigenvalue weighted by Gasteiger charge is -2.18. The number of carboxylic acid groups (broad SMARTS) is 1. The van der Waals surface area contributed by atoms with Crippen LogP contribution in [0, 0.1) is 0 Å². The van der Waals surface area contributed by atoms with E-state index in [1.165, 1.54) is 0 Å². The molecule has 0 aliphatic carbocycles. The molecule has 0 aromatic heterocycles. The van der Waals surface area contributed by atoms with Gasteiger partial charge >= 0.3 is 6.09 Å². The van der Waals surface area contributed by atoms with E-state index < -0.39 is 12.9 Å². The van der Waals surface area contributed by atoms with Crippen LogP contribution in [0.25, 0.3) is 0 Å². The standard InChI is InChI=1S/C5H10FNO2.FH/c1-4(2)7(3-6)5(8)9;/h4H,3H2,1-2H3,(H,8,9);1H. The number of rotatable bonds is 2. The van der Waals surface area contributed by atoms with Crippen molar-refractivity contribution in [1.29, 1.82) is 0 Å². The minimum absolute atomic E-state index is 0. The largest absolute Gasteiger partial charge is 0.465 e. The summed E-state index contributed by atoms with van der Waals surface area (Å²) >= 11 is 0. The molecule has 0 atom stereocenters. The summed E-state index contributed by atoms with van der Waals surface area (Å²) in [6.45, 7) is 2.30. The summed E-state index contributed by atoms with van der Waals surface area (Å²) in [5, 5.41) is 8.23. The van der Waals surface area contributed by atoms with Gasteiger partial charge in [-0.15, -0.1) is 0 Å². The molecule has 0 rings (SSSR count). The second kappa shape index (κ2) is 4.96. The molecule has 0 aliphatic heterocycles. The third-order valence-corrected chi connectivity index (χ3v) is 0.998. The molecule has 0 radical (unpaired) electrons. The first-order valence-corrected chi connectivity index (χ1v) is 2.65. The molecule has 0 aromatic rings. The Labute approximate surface area is 57.8 Å². The minimum Gasteiger partial charge on any atom is -0.465 e. The minimum atomic E-state index is -1.22. The summed E-state index contributed by atoms with van der Waals surface area (Å²) < 4.78 is 11.7. The topological polar surface area (TPSA) is 40.5 Å². The van der Waals surface area contributed by atoms with Crippen molar-refractivity contribution < 1.29 is 19.0 Å². The molecular formula is C5H11F2NO2. The fourth-order valence-corrected chi connectivity index (χ4v) is 0.410. The average molecular weight is 155 g/mol. The molecular weight excluding hydrogens is 144 g/mol. The van der Waals surface area contributed by atoms with Gasteiger partial charge in [0.15, 0.2) is 6.80 Å². The van der Waals surface area contributed by atoms with Gasteiger partial charge in [0.05, 0.1) is 0 Å². The quantitative estimate of drug-likeness (QED) is 0.613. The van der Waals surface area contributed by atoms with Gasteiger partial charge in [0.1, 0.15) is 0 Å². The number of nitrogens with zero attached hydrogens (tertiary/aromatic N) is 1. The fourth-order valence-electron chi connectivity index (χ4n) is 0.410. The van der Waals surface area contributed by atoms with Crippen LogP contribution in [0.15, 0.2) is 0 Å². The van der Waals surface area contributed by atoms with E-state index in [0.717, 1.165) is 0 Å². The maximum atomic E-state index is 11.7. The molecule has 3 nitrogen and oxygen atoms in total. The van der Waals surface area contributed by atoms with Crippen LogP contribution in [0.1, 0.15) is 13.8 Å². The van der Waals surface area contributed by atoms with Gasteiger partial charge in [-0.05, 0) is 13.8 Å². The molecule has 0 aromatic carbocycles. The highest BCUT2D eigenvalue weighted by molar-refractivity contribution is 5.65. The van der Waals surface area contributed by atoms with Crippen LogP contribution in [-0.4, -0.2) is 28.9 Å². The molecule has 5 heteroatoms. The highest BCUT2D eigenvalue weighted by Gasteiger charge is 2.13. The third-order valence-electron chi connectivity index (χ3n) is 0.998. The van der Waals surface area contributed by atoms with Crippen LogP contribution < -0.4 is 0 Å². The predicted octanol–water partition coefficient (Wildman–Crippen LogP) is 1.45. The van der Waals surface area contributed by atoms with E-state index in [1.807, 2.05) is 0 Å². The third kappa shape index (κ3) is 3.21. The van der Waals surface area contributed by atoms with Crippen molar-refractivity contribution in [1.82, 2.24) is 4.90 Å². The number of carbonyl (C=O) groups is 1. The number of alkyl halides is 1. The summed E-state index contributed by atoms with van der Waals surface area (Å²) in [7, 11) is 0. The molecule has 0 unspecified atom stereocenters. The second-order valence-corrected chi connectivity index (χ2v) is 1.97. The van der Waals surface area contributed by atoms with E-state index in [1.54, 1.807) is 13.8 Å². The normalized spacial score (nSPS) is 8.80. The predicted molar refractivity (Wildman–Crippen MR) is 33.5 cm³/mol. The first-order valence-electron chi connectivity index (χ1n) is 2.65. The lowest BCUT2D eigenvalue weighted by molar-refractivity contribution is 0.106. The van der Waals surface area contributed by atoms with Crippen molar-refractivity contribution in [2.75, 3.05) is 6.80 Å². The molecule has 0 fully saturated rings. The molecule has 0 bridgehead atoms. The van der Waals surface area contributed by atoms with Crippen molar-refractivity contribution in [3.8, 4) is 0 Å². The molecule has 0 saturated carbocycles. The summed E-state index contributed by atoms with van der Waals surface area (Å²) in [5.41, 5.74) is 0. The Kier molecular flexibility index (Phi) is 5.89.